The number of amides is 2. The first kappa shape index (κ1) is 16.5. The molecule has 1 aliphatic rings. The van der Waals surface area contributed by atoms with Crippen LogP contribution < -0.4 is 10.2 Å². The highest BCUT2D eigenvalue weighted by molar-refractivity contribution is 6.31. The van der Waals surface area contributed by atoms with Gasteiger partial charge >= 0.3 is 0 Å². The standard InChI is InChI=1S/C19H19ClN2O2/c1-2-13-6-3-4-9-17(13)21-19(24)14-10-18(23)22(12-14)16-8-5-7-15(20)11-16/h3-9,11,14H,2,10,12H2,1H3,(H,21,24). The molecule has 1 unspecified atom stereocenters. The SMILES string of the molecule is CCc1ccccc1NC(=O)C1CC(=O)N(c2cccc(Cl)c2)C1. The summed E-state index contributed by atoms with van der Waals surface area (Å²) < 4.78 is 0. The Bertz CT molecular complexity index is 775. The van der Waals surface area contributed by atoms with Gasteiger partial charge < -0.3 is 10.2 Å². The molecule has 4 nitrogen and oxygen atoms in total. The lowest BCUT2D eigenvalue weighted by Gasteiger charge is -2.17. The van der Waals surface area contributed by atoms with E-state index in [9.17, 15) is 9.59 Å². The van der Waals surface area contributed by atoms with Gasteiger partial charge in [0.1, 0.15) is 0 Å². The highest BCUT2D eigenvalue weighted by Crippen LogP contribution is 2.28. The monoisotopic (exact) mass is 342 g/mol. The van der Waals surface area contributed by atoms with Gasteiger partial charge in [-0.05, 0) is 36.2 Å². The fraction of sp³-hybridized carbons (Fsp3) is 0.263. The summed E-state index contributed by atoms with van der Waals surface area (Å²) in [7, 11) is 0. The Kier molecular flexibility index (Phi) is 4.86. The van der Waals surface area contributed by atoms with Crippen LogP contribution in [0.15, 0.2) is 48.5 Å². The molecule has 124 valence electrons. The van der Waals surface area contributed by atoms with E-state index in [2.05, 4.69) is 5.32 Å². The van der Waals surface area contributed by atoms with E-state index in [1.807, 2.05) is 37.3 Å². The van der Waals surface area contributed by atoms with Gasteiger partial charge in [-0.25, -0.2) is 0 Å². The van der Waals surface area contributed by atoms with Crippen molar-refractivity contribution in [2.75, 3.05) is 16.8 Å². The second kappa shape index (κ2) is 7.05. The van der Waals surface area contributed by atoms with E-state index in [1.165, 1.54) is 0 Å². The van der Waals surface area contributed by atoms with Crippen molar-refractivity contribution in [3.8, 4) is 0 Å². The van der Waals surface area contributed by atoms with Crippen molar-refractivity contribution in [3.63, 3.8) is 0 Å². The second-order valence-electron chi connectivity index (χ2n) is 5.89. The number of nitrogens with zero attached hydrogens (tertiary/aromatic N) is 1. The summed E-state index contributed by atoms with van der Waals surface area (Å²) in [6.45, 7) is 2.42. The molecule has 0 aliphatic carbocycles. The molecule has 0 saturated carbocycles. The van der Waals surface area contributed by atoms with Crippen molar-refractivity contribution in [1.29, 1.82) is 0 Å². The van der Waals surface area contributed by atoms with E-state index >= 15 is 0 Å². The van der Waals surface area contributed by atoms with Gasteiger partial charge in [-0.1, -0.05) is 42.8 Å². The van der Waals surface area contributed by atoms with Gasteiger partial charge in [0.05, 0.1) is 5.92 Å². The first-order chi connectivity index (χ1) is 11.6. The number of halogens is 1. The number of carbonyl (C=O) groups excluding carboxylic acids is 2. The lowest BCUT2D eigenvalue weighted by atomic mass is 10.1. The van der Waals surface area contributed by atoms with Crippen molar-refractivity contribution >= 4 is 34.8 Å². The summed E-state index contributed by atoms with van der Waals surface area (Å²) in [5.74, 6) is -0.531. The number of anilines is 2. The fourth-order valence-corrected chi connectivity index (χ4v) is 3.15. The van der Waals surface area contributed by atoms with Crippen molar-refractivity contribution in [2.24, 2.45) is 5.92 Å². The molecule has 5 heteroatoms. The van der Waals surface area contributed by atoms with Crippen molar-refractivity contribution in [1.82, 2.24) is 0 Å². The van der Waals surface area contributed by atoms with E-state index in [4.69, 9.17) is 11.6 Å². The average molecular weight is 343 g/mol. The predicted molar refractivity (Wildman–Crippen MR) is 96.4 cm³/mol. The van der Waals surface area contributed by atoms with Crippen LogP contribution in [0.3, 0.4) is 0 Å². The summed E-state index contributed by atoms with van der Waals surface area (Å²) in [4.78, 5) is 26.5. The Morgan fingerprint density at radius 1 is 1.25 bits per heavy atom. The lowest BCUT2D eigenvalue weighted by Crippen LogP contribution is -2.28. The molecule has 2 amide bonds. The average Bonchev–Trinajstić information content (AvgIpc) is 2.97. The van der Waals surface area contributed by atoms with Crippen molar-refractivity contribution < 1.29 is 9.59 Å². The minimum absolute atomic E-state index is 0.0545. The third-order valence-electron chi connectivity index (χ3n) is 4.27. The molecule has 2 aromatic carbocycles. The van der Waals surface area contributed by atoms with Crippen LogP contribution in [0, 0.1) is 5.92 Å². The number of para-hydroxylation sites is 1. The molecule has 0 bridgehead atoms. The Morgan fingerprint density at radius 2 is 2.04 bits per heavy atom. The maximum atomic E-state index is 12.6. The maximum absolute atomic E-state index is 12.6. The molecule has 1 heterocycles. The third-order valence-corrected chi connectivity index (χ3v) is 4.51. The van der Waals surface area contributed by atoms with Crippen LogP contribution in [0.2, 0.25) is 5.02 Å². The number of carbonyl (C=O) groups is 2. The molecule has 1 atom stereocenters. The largest absolute Gasteiger partial charge is 0.326 e. The smallest absolute Gasteiger partial charge is 0.229 e. The first-order valence-corrected chi connectivity index (χ1v) is 8.41. The molecule has 1 saturated heterocycles. The molecule has 24 heavy (non-hydrogen) atoms. The highest BCUT2D eigenvalue weighted by atomic mass is 35.5. The number of nitrogens with one attached hydrogen (secondary N) is 1. The van der Waals surface area contributed by atoms with Crippen LogP contribution in [-0.4, -0.2) is 18.4 Å². The molecular formula is C19H19ClN2O2. The van der Waals surface area contributed by atoms with E-state index in [0.717, 1.165) is 23.4 Å². The Morgan fingerprint density at radius 3 is 2.79 bits per heavy atom. The van der Waals surface area contributed by atoms with Gasteiger partial charge in [-0.2, -0.15) is 0 Å². The Balaban J connectivity index is 1.72. The summed E-state index contributed by atoms with van der Waals surface area (Å²) in [6, 6.07) is 14.9. The number of benzene rings is 2. The number of aryl methyl sites for hydroxylation is 1. The van der Waals surface area contributed by atoms with Gasteiger partial charge in [0.15, 0.2) is 0 Å². The molecule has 0 spiro atoms. The number of hydrogen-bond donors (Lipinski definition) is 1. The molecule has 0 aromatic heterocycles. The first-order valence-electron chi connectivity index (χ1n) is 8.03. The topological polar surface area (TPSA) is 49.4 Å². The molecule has 1 aliphatic heterocycles. The second-order valence-corrected chi connectivity index (χ2v) is 6.32. The van der Waals surface area contributed by atoms with E-state index in [0.29, 0.717) is 11.6 Å². The van der Waals surface area contributed by atoms with Crippen LogP contribution in [-0.2, 0) is 16.0 Å². The van der Waals surface area contributed by atoms with Crippen molar-refractivity contribution in [2.45, 2.75) is 19.8 Å². The summed E-state index contributed by atoms with van der Waals surface area (Å²) >= 11 is 5.99. The zero-order valence-corrected chi connectivity index (χ0v) is 14.2. The molecule has 3 rings (SSSR count). The van der Waals surface area contributed by atoms with Crippen LogP contribution in [0.25, 0.3) is 0 Å². The molecule has 1 N–H and O–H groups in total. The number of hydrogen-bond acceptors (Lipinski definition) is 2. The lowest BCUT2D eigenvalue weighted by molar-refractivity contribution is -0.122. The van der Waals surface area contributed by atoms with Crippen molar-refractivity contribution in [3.05, 3.63) is 59.1 Å². The zero-order valence-electron chi connectivity index (χ0n) is 13.5. The minimum Gasteiger partial charge on any atom is -0.326 e. The van der Waals surface area contributed by atoms with Crippen LogP contribution in [0.4, 0.5) is 11.4 Å². The summed E-state index contributed by atoms with van der Waals surface area (Å²) in [5.41, 5.74) is 2.64. The summed E-state index contributed by atoms with van der Waals surface area (Å²) in [6.07, 6.45) is 1.06. The quantitative estimate of drug-likeness (QED) is 0.916. The van der Waals surface area contributed by atoms with Gasteiger partial charge in [0.25, 0.3) is 0 Å². The van der Waals surface area contributed by atoms with Gasteiger partial charge in [-0.3, -0.25) is 9.59 Å². The molecule has 1 fully saturated rings. The van der Waals surface area contributed by atoms with E-state index < -0.39 is 0 Å². The maximum Gasteiger partial charge on any atom is 0.229 e. The highest BCUT2D eigenvalue weighted by Gasteiger charge is 2.35. The zero-order chi connectivity index (χ0) is 17.1. The van der Waals surface area contributed by atoms with E-state index in [-0.39, 0.29) is 24.2 Å². The Labute approximate surface area is 146 Å². The van der Waals surface area contributed by atoms with Crippen LogP contribution >= 0.6 is 11.6 Å². The van der Waals surface area contributed by atoms with Crippen LogP contribution in [0.1, 0.15) is 18.9 Å². The molecule has 0 radical (unpaired) electrons. The minimum atomic E-state index is -0.360. The normalized spacial score (nSPS) is 17.2. The number of rotatable bonds is 4. The van der Waals surface area contributed by atoms with Crippen LogP contribution in [0.5, 0.6) is 0 Å². The molecule has 2 aromatic rings. The molecular weight excluding hydrogens is 324 g/mol. The Hall–Kier alpha value is -2.33. The van der Waals surface area contributed by atoms with Gasteiger partial charge in [-0.15, -0.1) is 0 Å². The third kappa shape index (κ3) is 3.44. The van der Waals surface area contributed by atoms with Gasteiger partial charge in [0, 0.05) is 29.4 Å². The van der Waals surface area contributed by atoms with E-state index in [1.54, 1.807) is 23.1 Å². The predicted octanol–water partition coefficient (Wildman–Crippen LogP) is 3.89. The fourth-order valence-electron chi connectivity index (χ4n) is 2.96. The van der Waals surface area contributed by atoms with Gasteiger partial charge in [0.2, 0.25) is 11.8 Å². The summed E-state index contributed by atoms with van der Waals surface area (Å²) in [5, 5.41) is 3.54.